The van der Waals surface area contributed by atoms with Gasteiger partial charge in [0, 0.05) is 17.1 Å². The highest BCUT2D eigenvalue weighted by molar-refractivity contribution is 6.31. The summed E-state index contributed by atoms with van der Waals surface area (Å²) in [7, 11) is 0. The van der Waals surface area contributed by atoms with Gasteiger partial charge in [-0.05, 0) is 43.2 Å². The number of hydrogen-bond acceptors (Lipinski definition) is 3. The maximum Gasteiger partial charge on any atom is 0.269 e. The van der Waals surface area contributed by atoms with Crippen LogP contribution < -0.4 is 5.32 Å². The second-order valence-corrected chi connectivity index (χ2v) is 6.36. The third-order valence-electron chi connectivity index (χ3n) is 3.95. The van der Waals surface area contributed by atoms with Gasteiger partial charge in [0.05, 0.1) is 5.69 Å². The number of aromatic amines is 1. The van der Waals surface area contributed by atoms with Crippen LogP contribution in [0.25, 0.3) is 11.3 Å². The van der Waals surface area contributed by atoms with Crippen molar-refractivity contribution < 1.29 is 9.90 Å². The molecular formula is C19H18ClN3O2. The molecule has 1 aromatic heterocycles. The fourth-order valence-electron chi connectivity index (χ4n) is 2.43. The third-order valence-corrected chi connectivity index (χ3v) is 4.36. The van der Waals surface area contributed by atoms with Gasteiger partial charge in [-0.25, -0.2) is 0 Å². The van der Waals surface area contributed by atoms with E-state index in [1.165, 1.54) is 5.56 Å². The van der Waals surface area contributed by atoms with Crippen molar-refractivity contribution in [1.29, 1.82) is 0 Å². The largest absolute Gasteiger partial charge is 0.507 e. The SMILES string of the molecule is Cc1ccc(CNC(=O)c2cc(-c3cc(Cl)c(C)cc3O)n[nH]2)cc1. The number of rotatable bonds is 4. The first kappa shape index (κ1) is 17.0. The van der Waals surface area contributed by atoms with E-state index in [4.69, 9.17) is 11.6 Å². The molecule has 1 heterocycles. The number of halogens is 1. The third kappa shape index (κ3) is 3.83. The summed E-state index contributed by atoms with van der Waals surface area (Å²) in [5.41, 5.74) is 4.21. The number of nitrogens with zero attached hydrogens (tertiary/aromatic N) is 1. The highest BCUT2D eigenvalue weighted by Crippen LogP contribution is 2.33. The minimum Gasteiger partial charge on any atom is -0.507 e. The van der Waals surface area contributed by atoms with E-state index < -0.39 is 0 Å². The summed E-state index contributed by atoms with van der Waals surface area (Å²) in [5, 5.41) is 20.2. The average Bonchev–Trinajstić information content (AvgIpc) is 3.07. The minimum absolute atomic E-state index is 0.0695. The number of benzene rings is 2. The summed E-state index contributed by atoms with van der Waals surface area (Å²) < 4.78 is 0. The van der Waals surface area contributed by atoms with Crippen LogP contribution in [0, 0.1) is 13.8 Å². The number of carbonyl (C=O) groups is 1. The molecule has 0 aliphatic carbocycles. The Morgan fingerprint density at radius 2 is 1.92 bits per heavy atom. The molecule has 0 unspecified atom stereocenters. The summed E-state index contributed by atoms with van der Waals surface area (Å²) in [6.45, 7) is 4.25. The molecule has 5 nitrogen and oxygen atoms in total. The van der Waals surface area contributed by atoms with Crippen molar-refractivity contribution >= 4 is 17.5 Å². The Kier molecular flexibility index (Phi) is 4.76. The summed E-state index contributed by atoms with van der Waals surface area (Å²) in [6, 6.07) is 12.7. The maximum atomic E-state index is 12.3. The van der Waals surface area contributed by atoms with Gasteiger partial charge in [-0.2, -0.15) is 5.10 Å². The topological polar surface area (TPSA) is 78.0 Å². The number of hydrogen-bond donors (Lipinski definition) is 3. The second kappa shape index (κ2) is 6.99. The lowest BCUT2D eigenvalue weighted by molar-refractivity contribution is 0.0946. The van der Waals surface area contributed by atoms with Gasteiger partial charge >= 0.3 is 0 Å². The molecule has 6 heteroatoms. The molecule has 128 valence electrons. The van der Waals surface area contributed by atoms with E-state index in [-0.39, 0.29) is 11.7 Å². The van der Waals surface area contributed by atoms with Crippen molar-refractivity contribution in [3.63, 3.8) is 0 Å². The molecule has 0 saturated carbocycles. The number of nitrogens with one attached hydrogen (secondary N) is 2. The molecule has 0 fully saturated rings. The lowest BCUT2D eigenvalue weighted by Crippen LogP contribution is -2.23. The van der Waals surface area contributed by atoms with Gasteiger partial charge in [-0.3, -0.25) is 9.89 Å². The van der Waals surface area contributed by atoms with Crippen LogP contribution in [-0.4, -0.2) is 21.2 Å². The summed E-state index contributed by atoms with van der Waals surface area (Å²) in [4.78, 5) is 12.3. The number of H-pyrrole nitrogens is 1. The number of aryl methyl sites for hydroxylation is 2. The van der Waals surface area contributed by atoms with Crippen LogP contribution in [0.5, 0.6) is 5.75 Å². The number of amides is 1. The van der Waals surface area contributed by atoms with Gasteiger partial charge in [0.1, 0.15) is 11.4 Å². The van der Waals surface area contributed by atoms with Crippen LogP contribution in [0.15, 0.2) is 42.5 Å². The lowest BCUT2D eigenvalue weighted by Gasteiger charge is -2.05. The van der Waals surface area contributed by atoms with E-state index in [1.54, 1.807) is 25.1 Å². The molecule has 2 aromatic carbocycles. The molecule has 3 N–H and O–H groups in total. The van der Waals surface area contributed by atoms with E-state index in [9.17, 15) is 9.90 Å². The zero-order valence-corrected chi connectivity index (χ0v) is 14.7. The molecule has 25 heavy (non-hydrogen) atoms. The first-order valence-electron chi connectivity index (χ1n) is 7.82. The van der Waals surface area contributed by atoms with Crippen LogP contribution in [-0.2, 0) is 6.54 Å². The first-order valence-corrected chi connectivity index (χ1v) is 8.20. The van der Waals surface area contributed by atoms with Gasteiger partial charge < -0.3 is 10.4 Å². The average molecular weight is 356 g/mol. The Morgan fingerprint density at radius 3 is 2.64 bits per heavy atom. The molecular weight excluding hydrogens is 338 g/mol. The van der Waals surface area contributed by atoms with Gasteiger partial charge in [-0.1, -0.05) is 41.4 Å². The van der Waals surface area contributed by atoms with Crippen molar-refractivity contribution in [2.24, 2.45) is 0 Å². The molecule has 0 bridgehead atoms. The monoisotopic (exact) mass is 355 g/mol. The van der Waals surface area contributed by atoms with Crippen molar-refractivity contribution in [1.82, 2.24) is 15.5 Å². The van der Waals surface area contributed by atoms with Gasteiger partial charge in [0.25, 0.3) is 5.91 Å². The number of phenols is 1. The molecule has 0 spiro atoms. The zero-order valence-electron chi connectivity index (χ0n) is 13.9. The minimum atomic E-state index is -0.267. The Hall–Kier alpha value is -2.79. The van der Waals surface area contributed by atoms with Crippen molar-refractivity contribution in [2.75, 3.05) is 0 Å². The van der Waals surface area contributed by atoms with Gasteiger partial charge in [0.15, 0.2) is 0 Å². The number of phenolic OH excluding ortho intramolecular Hbond substituents is 1. The van der Waals surface area contributed by atoms with Gasteiger partial charge in [-0.15, -0.1) is 0 Å². The van der Waals surface area contributed by atoms with Gasteiger partial charge in [0.2, 0.25) is 0 Å². The molecule has 0 saturated heterocycles. The first-order chi connectivity index (χ1) is 11.9. The quantitative estimate of drug-likeness (QED) is 0.662. The smallest absolute Gasteiger partial charge is 0.269 e. The zero-order chi connectivity index (χ0) is 18.0. The number of aromatic hydroxyl groups is 1. The van der Waals surface area contributed by atoms with E-state index in [0.29, 0.717) is 28.5 Å². The highest BCUT2D eigenvalue weighted by atomic mass is 35.5. The standard InChI is InChI=1S/C19H18ClN3O2/c1-11-3-5-13(6-4-11)10-21-19(25)17-9-16(22-23-17)14-8-15(20)12(2)7-18(14)24/h3-9,24H,10H2,1-2H3,(H,21,25)(H,22,23). The van der Waals surface area contributed by atoms with Crippen molar-refractivity contribution in [3.8, 4) is 17.0 Å². The predicted octanol–water partition coefficient (Wildman–Crippen LogP) is 3.98. The summed E-state index contributed by atoms with van der Waals surface area (Å²) >= 11 is 6.11. The van der Waals surface area contributed by atoms with Crippen LogP contribution in [0.2, 0.25) is 5.02 Å². The predicted molar refractivity (Wildman–Crippen MR) is 97.8 cm³/mol. The summed E-state index contributed by atoms with van der Waals surface area (Å²) in [5.74, 6) is -0.197. The van der Waals surface area contributed by atoms with E-state index in [1.807, 2.05) is 31.2 Å². The number of carbonyl (C=O) groups excluding carboxylic acids is 1. The number of aromatic nitrogens is 2. The van der Waals surface area contributed by atoms with Crippen LogP contribution in [0.3, 0.4) is 0 Å². The molecule has 1 amide bonds. The Labute approximate surface area is 150 Å². The molecule has 0 aliphatic rings. The molecule has 0 atom stereocenters. The molecule has 3 rings (SSSR count). The van der Waals surface area contributed by atoms with E-state index in [0.717, 1.165) is 11.1 Å². The normalized spacial score (nSPS) is 10.7. The molecule has 0 radical (unpaired) electrons. The Bertz CT molecular complexity index is 917. The molecule has 0 aliphatic heterocycles. The second-order valence-electron chi connectivity index (χ2n) is 5.95. The Balaban J connectivity index is 1.73. The van der Waals surface area contributed by atoms with Crippen LogP contribution in [0.1, 0.15) is 27.2 Å². The maximum absolute atomic E-state index is 12.3. The summed E-state index contributed by atoms with van der Waals surface area (Å²) in [6.07, 6.45) is 0. The Morgan fingerprint density at radius 1 is 1.20 bits per heavy atom. The van der Waals surface area contributed by atoms with Crippen molar-refractivity contribution in [3.05, 3.63) is 69.9 Å². The van der Waals surface area contributed by atoms with E-state index in [2.05, 4.69) is 15.5 Å². The van der Waals surface area contributed by atoms with Crippen LogP contribution in [0.4, 0.5) is 0 Å². The fourth-order valence-corrected chi connectivity index (χ4v) is 2.59. The highest BCUT2D eigenvalue weighted by Gasteiger charge is 2.14. The molecule has 3 aromatic rings. The lowest BCUT2D eigenvalue weighted by atomic mass is 10.1. The van der Waals surface area contributed by atoms with Crippen molar-refractivity contribution in [2.45, 2.75) is 20.4 Å². The van der Waals surface area contributed by atoms with Crippen LogP contribution >= 0.6 is 11.6 Å². The van der Waals surface area contributed by atoms with E-state index >= 15 is 0 Å². The fraction of sp³-hybridized carbons (Fsp3) is 0.158.